The van der Waals surface area contributed by atoms with Gasteiger partial charge in [-0.3, -0.25) is 0 Å². The zero-order valence-electron chi connectivity index (χ0n) is 7.92. The fourth-order valence-corrected chi connectivity index (χ4v) is 2.93. The zero-order valence-corrected chi connectivity index (χ0v) is 7.92. The minimum absolute atomic E-state index is 0.00801. The van der Waals surface area contributed by atoms with E-state index in [1.165, 1.54) is 6.42 Å². The molecular formula is C10H18O2. The minimum Gasteiger partial charge on any atom is -0.396 e. The third kappa shape index (κ3) is 1.01. The summed E-state index contributed by atoms with van der Waals surface area (Å²) < 4.78 is 5.81. The summed E-state index contributed by atoms with van der Waals surface area (Å²) in [5.41, 5.74) is -0.00801. The van der Waals surface area contributed by atoms with Gasteiger partial charge < -0.3 is 9.84 Å². The topological polar surface area (TPSA) is 29.5 Å². The van der Waals surface area contributed by atoms with Crippen molar-refractivity contribution in [1.82, 2.24) is 0 Å². The molecule has 1 N–H and O–H groups in total. The summed E-state index contributed by atoms with van der Waals surface area (Å²) in [6, 6.07) is 0. The summed E-state index contributed by atoms with van der Waals surface area (Å²) in [6.45, 7) is 5.57. The minimum atomic E-state index is -0.00801. The zero-order chi connectivity index (χ0) is 8.77. The van der Waals surface area contributed by atoms with Crippen molar-refractivity contribution in [2.24, 2.45) is 17.8 Å². The summed E-state index contributed by atoms with van der Waals surface area (Å²) in [6.07, 6.45) is 2.37. The van der Waals surface area contributed by atoms with Crippen LogP contribution in [-0.4, -0.2) is 23.9 Å². The van der Waals surface area contributed by atoms with Gasteiger partial charge in [0, 0.05) is 12.5 Å². The Kier molecular flexibility index (Phi) is 1.92. The predicted octanol–water partition coefficient (Wildman–Crippen LogP) is 1.43. The molecule has 0 aromatic carbocycles. The molecule has 0 amide bonds. The average Bonchev–Trinajstić information content (AvgIpc) is 2.31. The highest BCUT2D eigenvalue weighted by molar-refractivity contribution is 4.99. The maximum Gasteiger partial charge on any atom is 0.0707 e. The van der Waals surface area contributed by atoms with Crippen molar-refractivity contribution in [3.8, 4) is 0 Å². The van der Waals surface area contributed by atoms with Crippen molar-refractivity contribution in [1.29, 1.82) is 0 Å². The highest BCUT2D eigenvalue weighted by Crippen LogP contribution is 2.49. The SMILES string of the molecule is C[C@@H]1CO[C@]2(C)CC[C@H]1[C@@H]2CO. The third-order valence-corrected chi connectivity index (χ3v) is 3.88. The molecule has 2 rings (SSSR count). The molecule has 1 saturated heterocycles. The molecule has 0 radical (unpaired) electrons. The molecule has 12 heavy (non-hydrogen) atoms. The molecule has 4 atom stereocenters. The van der Waals surface area contributed by atoms with Crippen LogP contribution in [0.3, 0.4) is 0 Å². The van der Waals surface area contributed by atoms with Gasteiger partial charge in [0.05, 0.1) is 12.2 Å². The molecule has 2 aliphatic rings. The van der Waals surface area contributed by atoms with E-state index in [1.54, 1.807) is 0 Å². The van der Waals surface area contributed by atoms with E-state index in [0.29, 0.717) is 24.4 Å². The summed E-state index contributed by atoms with van der Waals surface area (Å²) in [4.78, 5) is 0. The van der Waals surface area contributed by atoms with Crippen LogP contribution in [0.1, 0.15) is 26.7 Å². The molecule has 2 heteroatoms. The van der Waals surface area contributed by atoms with E-state index in [-0.39, 0.29) is 5.60 Å². The van der Waals surface area contributed by atoms with Crippen LogP contribution in [0.2, 0.25) is 0 Å². The molecule has 1 aliphatic heterocycles. The standard InChI is InChI=1S/C10H18O2/c1-7-6-12-10(2)4-3-8(7)9(10)5-11/h7-9,11H,3-6H2,1-2H3/t7-,8-,9+,10-/m1/s1. The van der Waals surface area contributed by atoms with Crippen LogP contribution in [0.5, 0.6) is 0 Å². The van der Waals surface area contributed by atoms with Crippen LogP contribution in [-0.2, 0) is 4.74 Å². The Balaban J connectivity index is 2.21. The van der Waals surface area contributed by atoms with Crippen molar-refractivity contribution >= 4 is 0 Å². The van der Waals surface area contributed by atoms with Crippen LogP contribution >= 0.6 is 0 Å². The van der Waals surface area contributed by atoms with Crippen molar-refractivity contribution < 1.29 is 9.84 Å². The lowest BCUT2D eigenvalue weighted by Crippen LogP contribution is -2.45. The molecule has 1 heterocycles. The second kappa shape index (κ2) is 2.71. The van der Waals surface area contributed by atoms with Gasteiger partial charge in [0.1, 0.15) is 0 Å². The first kappa shape index (κ1) is 8.52. The maximum absolute atomic E-state index is 9.27. The number of hydrogen-bond acceptors (Lipinski definition) is 2. The van der Waals surface area contributed by atoms with Gasteiger partial charge >= 0.3 is 0 Å². The molecule has 1 saturated carbocycles. The Morgan fingerprint density at radius 3 is 2.92 bits per heavy atom. The second-order valence-electron chi connectivity index (χ2n) is 4.59. The van der Waals surface area contributed by atoms with E-state index in [1.807, 2.05) is 0 Å². The molecule has 0 unspecified atom stereocenters. The molecule has 70 valence electrons. The summed E-state index contributed by atoms with van der Waals surface area (Å²) >= 11 is 0. The fraction of sp³-hybridized carbons (Fsp3) is 1.00. The number of ether oxygens (including phenoxy) is 1. The third-order valence-electron chi connectivity index (χ3n) is 3.88. The van der Waals surface area contributed by atoms with E-state index < -0.39 is 0 Å². The van der Waals surface area contributed by atoms with Crippen LogP contribution in [0.4, 0.5) is 0 Å². The van der Waals surface area contributed by atoms with Crippen molar-refractivity contribution in [2.75, 3.05) is 13.2 Å². The first-order chi connectivity index (χ1) is 5.67. The van der Waals surface area contributed by atoms with Gasteiger partial charge in [-0.25, -0.2) is 0 Å². The number of rotatable bonds is 1. The summed E-state index contributed by atoms with van der Waals surface area (Å²) in [7, 11) is 0. The van der Waals surface area contributed by atoms with Gasteiger partial charge in [0.15, 0.2) is 0 Å². The Hall–Kier alpha value is -0.0800. The monoisotopic (exact) mass is 170 g/mol. The number of aliphatic hydroxyl groups is 1. The van der Waals surface area contributed by atoms with Crippen molar-refractivity contribution in [3.63, 3.8) is 0 Å². The lowest BCUT2D eigenvalue weighted by molar-refractivity contribution is -0.131. The smallest absolute Gasteiger partial charge is 0.0707 e. The Morgan fingerprint density at radius 2 is 2.33 bits per heavy atom. The largest absolute Gasteiger partial charge is 0.396 e. The lowest BCUT2D eigenvalue weighted by Gasteiger charge is -2.40. The molecule has 2 bridgehead atoms. The van der Waals surface area contributed by atoms with Gasteiger partial charge in [-0.2, -0.15) is 0 Å². The van der Waals surface area contributed by atoms with Crippen LogP contribution in [0.15, 0.2) is 0 Å². The first-order valence-electron chi connectivity index (χ1n) is 4.92. The molecule has 0 aromatic heterocycles. The van der Waals surface area contributed by atoms with E-state index in [0.717, 1.165) is 13.0 Å². The Bertz CT molecular complexity index is 181. The highest BCUT2D eigenvalue weighted by atomic mass is 16.5. The molecule has 2 fully saturated rings. The fourth-order valence-electron chi connectivity index (χ4n) is 2.93. The quantitative estimate of drug-likeness (QED) is 0.645. The normalized spacial score (nSPS) is 52.8. The molecule has 1 aliphatic carbocycles. The van der Waals surface area contributed by atoms with Crippen LogP contribution in [0.25, 0.3) is 0 Å². The van der Waals surface area contributed by atoms with E-state index >= 15 is 0 Å². The van der Waals surface area contributed by atoms with Gasteiger partial charge in [0.2, 0.25) is 0 Å². The van der Waals surface area contributed by atoms with E-state index in [2.05, 4.69) is 13.8 Å². The van der Waals surface area contributed by atoms with Gasteiger partial charge in [-0.15, -0.1) is 0 Å². The Labute approximate surface area is 73.9 Å². The van der Waals surface area contributed by atoms with E-state index in [4.69, 9.17) is 4.74 Å². The van der Waals surface area contributed by atoms with Crippen molar-refractivity contribution in [2.45, 2.75) is 32.3 Å². The van der Waals surface area contributed by atoms with Gasteiger partial charge in [0.25, 0.3) is 0 Å². The van der Waals surface area contributed by atoms with Crippen LogP contribution < -0.4 is 0 Å². The number of hydrogen-bond donors (Lipinski definition) is 1. The van der Waals surface area contributed by atoms with Crippen LogP contribution in [0, 0.1) is 17.8 Å². The Morgan fingerprint density at radius 1 is 1.58 bits per heavy atom. The van der Waals surface area contributed by atoms with E-state index in [9.17, 15) is 5.11 Å². The maximum atomic E-state index is 9.27. The average molecular weight is 170 g/mol. The molecular weight excluding hydrogens is 152 g/mol. The predicted molar refractivity (Wildman–Crippen MR) is 46.8 cm³/mol. The number of fused-ring (bicyclic) bond motifs is 2. The van der Waals surface area contributed by atoms with Gasteiger partial charge in [-0.05, 0) is 31.6 Å². The van der Waals surface area contributed by atoms with Crippen molar-refractivity contribution in [3.05, 3.63) is 0 Å². The molecule has 0 spiro atoms. The highest BCUT2D eigenvalue weighted by Gasteiger charge is 2.50. The second-order valence-corrected chi connectivity index (χ2v) is 4.59. The first-order valence-corrected chi connectivity index (χ1v) is 4.92. The molecule has 2 nitrogen and oxygen atoms in total. The lowest BCUT2D eigenvalue weighted by atomic mass is 9.79. The molecule has 0 aromatic rings. The van der Waals surface area contributed by atoms with Gasteiger partial charge in [-0.1, -0.05) is 6.92 Å². The summed E-state index contributed by atoms with van der Waals surface area (Å²) in [5.74, 6) is 1.73. The number of aliphatic hydroxyl groups excluding tert-OH is 1. The summed E-state index contributed by atoms with van der Waals surface area (Å²) in [5, 5.41) is 9.27.